The lowest BCUT2D eigenvalue weighted by Gasteiger charge is -2.25. The standard InChI is InChI=1S/C14H22N2O3/c17-12-9-8-11(14(19)16-12)15-13(18)10-6-4-2-1-3-5-7-10/h10-11H,1-9H2,(H,15,18)(H,16,17,19). The molecule has 5 nitrogen and oxygen atoms in total. The summed E-state index contributed by atoms with van der Waals surface area (Å²) in [7, 11) is 0. The highest BCUT2D eigenvalue weighted by Gasteiger charge is 2.30. The van der Waals surface area contributed by atoms with Crippen molar-refractivity contribution < 1.29 is 14.4 Å². The van der Waals surface area contributed by atoms with E-state index in [1.807, 2.05) is 0 Å². The third-order valence-corrected chi connectivity index (χ3v) is 4.03. The Morgan fingerprint density at radius 3 is 2.26 bits per heavy atom. The lowest BCUT2D eigenvalue weighted by Crippen LogP contribution is -2.53. The maximum atomic E-state index is 12.2. The van der Waals surface area contributed by atoms with Crippen LogP contribution in [0.2, 0.25) is 0 Å². The van der Waals surface area contributed by atoms with Crippen LogP contribution in [0.25, 0.3) is 0 Å². The molecule has 5 heteroatoms. The van der Waals surface area contributed by atoms with Crippen LogP contribution < -0.4 is 10.6 Å². The molecular weight excluding hydrogens is 244 g/mol. The van der Waals surface area contributed by atoms with Gasteiger partial charge in [0.2, 0.25) is 17.7 Å². The van der Waals surface area contributed by atoms with E-state index < -0.39 is 6.04 Å². The predicted molar refractivity (Wildman–Crippen MR) is 70.1 cm³/mol. The van der Waals surface area contributed by atoms with Crippen molar-refractivity contribution in [1.29, 1.82) is 0 Å². The SMILES string of the molecule is O=C1CCC(NC(=O)C2CCCCCCC2)C(=O)N1. The third-order valence-electron chi connectivity index (χ3n) is 4.03. The van der Waals surface area contributed by atoms with Crippen LogP contribution in [0.5, 0.6) is 0 Å². The van der Waals surface area contributed by atoms with Crippen molar-refractivity contribution in [2.75, 3.05) is 0 Å². The fourth-order valence-electron chi connectivity index (χ4n) is 2.84. The summed E-state index contributed by atoms with van der Waals surface area (Å²) in [5.41, 5.74) is 0. The van der Waals surface area contributed by atoms with Gasteiger partial charge in [-0.1, -0.05) is 32.1 Å². The molecule has 0 aromatic heterocycles. The van der Waals surface area contributed by atoms with E-state index >= 15 is 0 Å². The van der Waals surface area contributed by atoms with Gasteiger partial charge in [-0.2, -0.15) is 0 Å². The molecule has 1 atom stereocenters. The molecule has 0 bridgehead atoms. The number of carbonyl (C=O) groups is 3. The molecule has 1 aliphatic carbocycles. The van der Waals surface area contributed by atoms with Gasteiger partial charge in [0, 0.05) is 12.3 Å². The minimum Gasteiger partial charge on any atom is -0.344 e. The molecule has 2 rings (SSSR count). The van der Waals surface area contributed by atoms with Gasteiger partial charge in [0.15, 0.2) is 0 Å². The molecule has 0 radical (unpaired) electrons. The van der Waals surface area contributed by atoms with Gasteiger partial charge in [0.05, 0.1) is 0 Å². The van der Waals surface area contributed by atoms with E-state index in [0.717, 1.165) is 25.7 Å². The Bertz CT molecular complexity index is 360. The van der Waals surface area contributed by atoms with Gasteiger partial charge in [-0.15, -0.1) is 0 Å². The maximum Gasteiger partial charge on any atom is 0.249 e. The molecule has 1 heterocycles. The molecule has 2 aliphatic rings. The van der Waals surface area contributed by atoms with Gasteiger partial charge in [0.25, 0.3) is 0 Å². The monoisotopic (exact) mass is 266 g/mol. The molecule has 0 aromatic rings. The van der Waals surface area contributed by atoms with Crippen LogP contribution in [0.4, 0.5) is 0 Å². The second kappa shape index (κ2) is 6.68. The van der Waals surface area contributed by atoms with Crippen LogP contribution in [-0.2, 0) is 14.4 Å². The van der Waals surface area contributed by atoms with Gasteiger partial charge in [-0.25, -0.2) is 0 Å². The zero-order chi connectivity index (χ0) is 13.7. The molecular formula is C14H22N2O3. The van der Waals surface area contributed by atoms with E-state index in [1.165, 1.54) is 19.3 Å². The molecule has 1 unspecified atom stereocenters. The molecule has 3 amide bonds. The van der Waals surface area contributed by atoms with Gasteiger partial charge in [-0.05, 0) is 19.3 Å². The number of hydrogen-bond donors (Lipinski definition) is 2. The lowest BCUT2D eigenvalue weighted by molar-refractivity contribution is -0.138. The van der Waals surface area contributed by atoms with Crippen molar-refractivity contribution in [3.05, 3.63) is 0 Å². The Morgan fingerprint density at radius 2 is 1.63 bits per heavy atom. The molecule has 19 heavy (non-hydrogen) atoms. The van der Waals surface area contributed by atoms with Crippen LogP contribution >= 0.6 is 0 Å². The summed E-state index contributed by atoms with van der Waals surface area (Å²) >= 11 is 0. The van der Waals surface area contributed by atoms with Crippen molar-refractivity contribution in [2.45, 2.75) is 63.8 Å². The Morgan fingerprint density at radius 1 is 1.00 bits per heavy atom. The second-order valence-corrected chi connectivity index (χ2v) is 5.55. The van der Waals surface area contributed by atoms with Crippen molar-refractivity contribution in [1.82, 2.24) is 10.6 Å². The van der Waals surface area contributed by atoms with E-state index in [-0.39, 0.29) is 23.6 Å². The largest absolute Gasteiger partial charge is 0.344 e. The summed E-state index contributed by atoms with van der Waals surface area (Å²) in [4.78, 5) is 34.8. The average molecular weight is 266 g/mol. The van der Waals surface area contributed by atoms with E-state index in [4.69, 9.17) is 0 Å². The normalized spacial score (nSPS) is 26.2. The number of nitrogens with one attached hydrogen (secondary N) is 2. The third kappa shape index (κ3) is 4.04. The summed E-state index contributed by atoms with van der Waals surface area (Å²) in [6.45, 7) is 0. The van der Waals surface area contributed by atoms with Gasteiger partial charge >= 0.3 is 0 Å². The minimum absolute atomic E-state index is 0.0172. The van der Waals surface area contributed by atoms with Gasteiger partial charge < -0.3 is 5.32 Å². The average Bonchev–Trinajstić information content (AvgIpc) is 2.32. The summed E-state index contributed by atoms with van der Waals surface area (Å²) in [5.74, 6) is -0.598. The van der Waals surface area contributed by atoms with Crippen molar-refractivity contribution in [2.24, 2.45) is 5.92 Å². The van der Waals surface area contributed by atoms with Crippen LogP contribution in [0.15, 0.2) is 0 Å². The summed E-state index contributed by atoms with van der Waals surface area (Å²) in [6, 6.07) is -0.532. The number of carbonyl (C=O) groups excluding carboxylic acids is 3. The van der Waals surface area contributed by atoms with Gasteiger partial charge in [0.1, 0.15) is 6.04 Å². The number of piperidine rings is 1. The minimum atomic E-state index is -0.532. The fourth-order valence-corrected chi connectivity index (χ4v) is 2.84. The van der Waals surface area contributed by atoms with Crippen molar-refractivity contribution >= 4 is 17.7 Å². The number of imide groups is 1. The van der Waals surface area contributed by atoms with E-state index in [1.54, 1.807) is 0 Å². The zero-order valence-corrected chi connectivity index (χ0v) is 11.2. The van der Waals surface area contributed by atoms with Gasteiger partial charge in [-0.3, -0.25) is 19.7 Å². The Labute approximate surface area is 113 Å². The Balaban J connectivity index is 1.85. The molecule has 2 N–H and O–H groups in total. The fraction of sp³-hybridized carbons (Fsp3) is 0.786. The van der Waals surface area contributed by atoms with Crippen LogP contribution in [-0.4, -0.2) is 23.8 Å². The first kappa shape index (κ1) is 14.0. The first-order valence-electron chi connectivity index (χ1n) is 7.31. The van der Waals surface area contributed by atoms with Crippen LogP contribution in [0, 0.1) is 5.92 Å². The quantitative estimate of drug-likeness (QED) is 0.739. The van der Waals surface area contributed by atoms with Crippen LogP contribution in [0.1, 0.15) is 57.8 Å². The molecule has 2 fully saturated rings. The Kier molecular flexibility index (Phi) is 4.93. The predicted octanol–water partition coefficient (Wildman–Crippen LogP) is 1.27. The van der Waals surface area contributed by atoms with Crippen LogP contribution in [0.3, 0.4) is 0 Å². The van der Waals surface area contributed by atoms with E-state index in [2.05, 4.69) is 10.6 Å². The van der Waals surface area contributed by atoms with E-state index in [9.17, 15) is 14.4 Å². The number of hydrogen-bond acceptors (Lipinski definition) is 3. The summed E-state index contributed by atoms with van der Waals surface area (Å²) in [5, 5.41) is 5.07. The highest BCUT2D eigenvalue weighted by atomic mass is 16.2. The first-order chi connectivity index (χ1) is 9.16. The zero-order valence-electron chi connectivity index (χ0n) is 11.2. The molecule has 1 saturated carbocycles. The molecule has 1 aliphatic heterocycles. The first-order valence-corrected chi connectivity index (χ1v) is 7.31. The molecule has 106 valence electrons. The van der Waals surface area contributed by atoms with Crippen molar-refractivity contribution in [3.8, 4) is 0 Å². The highest BCUT2D eigenvalue weighted by Crippen LogP contribution is 2.22. The summed E-state index contributed by atoms with van der Waals surface area (Å²) in [6.07, 6.45) is 8.40. The lowest BCUT2D eigenvalue weighted by atomic mass is 9.90. The molecule has 1 saturated heterocycles. The molecule has 0 spiro atoms. The summed E-state index contributed by atoms with van der Waals surface area (Å²) < 4.78 is 0. The topological polar surface area (TPSA) is 75.3 Å². The van der Waals surface area contributed by atoms with E-state index in [0.29, 0.717) is 12.8 Å². The number of rotatable bonds is 2. The van der Waals surface area contributed by atoms with Crippen molar-refractivity contribution in [3.63, 3.8) is 0 Å². The second-order valence-electron chi connectivity index (χ2n) is 5.55. The number of amides is 3. The molecule has 0 aromatic carbocycles. The maximum absolute atomic E-state index is 12.2. The smallest absolute Gasteiger partial charge is 0.249 e. The highest BCUT2D eigenvalue weighted by molar-refractivity contribution is 6.01. The Hall–Kier alpha value is -1.39.